The molecule has 1 atom stereocenters. The average molecular weight is 431 g/mol. The molecule has 0 saturated carbocycles. The lowest BCUT2D eigenvalue weighted by molar-refractivity contribution is -0.132. The molecule has 0 spiro atoms. The summed E-state index contributed by atoms with van der Waals surface area (Å²) in [6, 6.07) is 7.48. The van der Waals surface area contributed by atoms with Crippen LogP contribution in [0.5, 0.6) is 0 Å². The number of rotatable bonds is 10. The maximum Gasteiger partial charge on any atom is 0.225 e. The molecule has 1 unspecified atom stereocenters. The van der Waals surface area contributed by atoms with E-state index in [1.54, 1.807) is 23.7 Å². The van der Waals surface area contributed by atoms with Crippen LogP contribution in [0, 0.1) is 0 Å². The van der Waals surface area contributed by atoms with Crippen LogP contribution < -0.4 is 5.32 Å². The van der Waals surface area contributed by atoms with Crippen molar-refractivity contribution in [2.45, 2.75) is 32.4 Å². The predicted octanol–water partition coefficient (Wildman–Crippen LogP) is 2.46. The van der Waals surface area contributed by atoms with Gasteiger partial charge in [0.05, 0.1) is 25.7 Å². The zero-order valence-corrected chi connectivity index (χ0v) is 18.3. The molecule has 0 radical (unpaired) electrons. The summed E-state index contributed by atoms with van der Waals surface area (Å²) in [6.45, 7) is 7.10. The van der Waals surface area contributed by atoms with Gasteiger partial charge < -0.3 is 15.0 Å². The van der Waals surface area contributed by atoms with Gasteiger partial charge in [0.1, 0.15) is 0 Å². The van der Waals surface area contributed by atoms with Crippen molar-refractivity contribution >= 4 is 23.2 Å². The lowest BCUT2D eigenvalue weighted by Crippen LogP contribution is -2.39. The van der Waals surface area contributed by atoms with Crippen LogP contribution in [0.4, 0.5) is 0 Å². The van der Waals surface area contributed by atoms with Gasteiger partial charge in [-0.25, -0.2) is 0 Å². The first-order valence-electron chi connectivity index (χ1n) is 10.4. The van der Waals surface area contributed by atoms with E-state index in [2.05, 4.69) is 15.2 Å². The van der Waals surface area contributed by atoms with Gasteiger partial charge in [0.25, 0.3) is 0 Å². The number of nitrogens with one attached hydrogen (secondary N) is 1. The Morgan fingerprint density at radius 2 is 2.03 bits per heavy atom. The van der Waals surface area contributed by atoms with Crippen LogP contribution in [-0.2, 0) is 20.9 Å². The Hall–Kier alpha value is -2.29. The molecule has 1 saturated heterocycles. The molecule has 0 bridgehead atoms. The molecular weight excluding hydrogens is 400 g/mol. The molecule has 2 aromatic rings. The smallest absolute Gasteiger partial charge is 0.225 e. The molecular formula is C22H30N4O3S. The number of carbonyl (C=O) groups is 2. The molecule has 1 aliphatic rings. The van der Waals surface area contributed by atoms with Crippen LogP contribution >= 0.6 is 11.3 Å². The fourth-order valence-electron chi connectivity index (χ4n) is 3.57. The molecule has 3 heterocycles. The van der Waals surface area contributed by atoms with E-state index < -0.39 is 0 Å². The van der Waals surface area contributed by atoms with Crippen LogP contribution in [0.15, 0.2) is 42.0 Å². The second-order valence-corrected chi connectivity index (χ2v) is 8.43. The van der Waals surface area contributed by atoms with E-state index in [1.165, 1.54) is 6.92 Å². The molecule has 3 rings (SSSR count). The number of carbonyl (C=O) groups excluding carboxylic acids is 2. The summed E-state index contributed by atoms with van der Waals surface area (Å²) in [5.74, 6) is -0.0878. The van der Waals surface area contributed by atoms with Gasteiger partial charge in [-0.2, -0.15) is 0 Å². The Labute approximate surface area is 182 Å². The number of hydrogen-bond donors (Lipinski definition) is 1. The number of pyridine rings is 1. The number of amides is 2. The summed E-state index contributed by atoms with van der Waals surface area (Å²) in [5, 5.41) is 4.90. The molecule has 0 aliphatic carbocycles. The second-order valence-electron chi connectivity index (χ2n) is 7.45. The Morgan fingerprint density at radius 1 is 1.27 bits per heavy atom. The maximum atomic E-state index is 13.2. The van der Waals surface area contributed by atoms with Crippen molar-refractivity contribution in [3.8, 4) is 0 Å². The van der Waals surface area contributed by atoms with Crippen LogP contribution in [0.25, 0.3) is 0 Å². The van der Waals surface area contributed by atoms with Gasteiger partial charge in [-0.3, -0.25) is 19.5 Å². The number of aromatic nitrogens is 1. The summed E-state index contributed by atoms with van der Waals surface area (Å²) in [7, 11) is 0. The number of thiophene rings is 1. The SMILES string of the molecule is CC(=O)NC(CC(=O)N(CCCN1CCOCC1)Cc1ccncc1)c1cccs1. The Kier molecular flexibility index (Phi) is 8.80. The zero-order valence-electron chi connectivity index (χ0n) is 17.5. The van der Waals surface area contributed by atoms with E-state index in [0.717, 1.165) is 49.7 Å². The van der Waals surface area contributed by atoms with E-state index in [4.69, 9.17) is 4.74 Å². The highest BCUT2D eigenvalue weighted by atomic mass is 32.1. The summed E-state index contributed by atoms with van der Waals surface area (Å²) in [4.78, 5) is 34.3. The number of nitrogens with zero attached hydrogens (tertiary/aromatic N) is 3. The Morgan fingerprint density at radius 3 is 2.70 bits per heavy atom. The first-order valence-corrected chi connectivity index (χ1v) is 11.3. The summed E-state index contributed by atoms with van der Waals surface area (Å²) in [6.07, 6.45) is 4.65. The first kappa shape index (κ1) is 22.4. The van der Waals surface area contributed by atoms with Crippen molar-refractivity contribution in [1.82, 2.24) is 20.1 Å². The summed E-state index contributed by atoms with van der Waals surface area (Å²) in [5.41, 5.74) is 1.05. The molecule has 8 heteroatoms. The summed E-state index contributed by atoms with van der Waals surface area (Å²) < 4.78 is 5.41. The third-order valence-electron chi connectivity index (χ3n) is 5.12. The minimum Gasteiger partial charge on any atom is -0.379 e. The van der Waals surface area contributed by atoms with Crippen molar-refractivity contribution in [1.29, 1.82) is 0 Å². The largest absolute Gasteiger partial charge is 0.379 e. The van der Waals surface area contributed by atoms with Crippen LogP contribution in [0.2, 0.25) is 0 Å². The van der Waals surface area contributed by atoms with Crippen molar-refractivity contribution in [3.05, 3.63) is 52.5 Å². The van der Waals surface area contributed by atoms with E-state index in [1.807, 2.05) is 34.5 Å². The Balaban J connectivity index is 1.64. The maximum absolute atomic E-state index is 13.2. The minimum absolute atomic E-state index is 0.0425. The minimum atomic E-state index is -0.297. The highest BCUT2D eigenvalue weighted by Gasteiger charge is 2.22. The quantitative estimate of drug-likeness (QED) is 0.627. The van der Waals surface area contributed by atoms with Crippen molar-refractivity contribution < 1.29 is 14.3 Å². The van der Waals surface area contributed by atoms with Crippen molar-refractivity contribution in [3.63, 3.8) is 0 Å². The highest BCUT2D eigenvalue weighted by molar-refractivity contribution is 7.10. The van der Waals surface area contributed by atoms with Gasteiger partial charge >= 0.3 is 0 Å². The van der Waals surface area contributed by atoms with Gasteiger partial charge in [0.2, 0.25) is 11.8 Å². The molecule has 2 amide bonds. The number of morpholine rings is 1. The second kappa shape index (κ2) is 11.8. The van der Waals surface area contributed by atoms with Gasteiger partial charge in [0, 0.05) is 56.9 Å². The molecule has 30 heavy (non-hydrogen) atoms. The summed E-state index contributed by atoms with van der Waals surface area (Å²) >= 11 is 1.56. The molecule has 162 valence electrons. The lowest BCUT2D eigenvalue weighted by atomic mass is 10.1. The van der Waals surface area contributed by atoms with E-state index in [0.29, 0.717) is 13.1 Å². The molecule has 0 aromatic carbocycles. The highest BCUT2D eigenvalue weighted by Crippen LogP contribution is 2.23. The molecule has 1 fully saturated rings. The molecule has 1 aliphatic heterocycles. The first-order chi connectivity index (χ1) is 14.6. The monoisotopic (exact) mass is 430 g/mol. The normalized spacial score (nSPS) is 15.5. The topological polar surface area (TPSA) is 74.8 Å². The predicted molar refractivity (Wildman–Crippen MR) is 117 cm³/mol. The van der Waals surface area contributed by atoms with E-state index in [9.17, 15) is 9.59 Å². The van der Waals surface area contributed by atoms with Crippen LogP contribution in [0.3, 0.4) is 0 Å². The molecule has 2 aromatic heterocycles. The zero-order chi connectivity index (χ0) is 21.2. The number of ether oxygens (including phenoxy) is 1. The molecule has 7 nitrogen and oxygen atoms in total. The number of hydrogen-bond acceptors (Lipinski definition) is 6. The van der Waals surface area contributed by atoms with E-state index in [-0.39, 0.29) is 24.3 Å². The standard InChI is InChI=1S/C22H30N4O3S/c1-18(27)24-20(21-4-2-15-30-21)16-22(28)26(17-19-5-7-23-8-6-19)10-3-9-25-11-13-29-14-12-25/h2,4-8,15,20H,3,9-14,16-17H2,1H3,(H,24,27). The third-order valence-corrected chi connectivity index (χ3v) is 6.11. The average Bonchev–Trinajstić information content (AvgIpc) is 3.29. The van der Waals surface area contributed by atoms with Crippen molar-refractivity contribution in [2.24, 2.45) is 0 Å². The lowest BCUT2D eigenvalue weighted by Gasteiger charge is -2.29. The Bertz CT molecular complexity index is 779. The third kappa shape index (κ3) is 7.19. The van der Waals surface area contributed by atoms with Crippen molar-refractivity contribution in [2.75, 3.05) is 39.4 Å². The van der Waals surface area contributed by atoms with Gasteiger partial charge in [-0.1, -0.05) is 6.07 Å². The van der Waals surface area contributed by atoms with Crippen LogP contribution in [-0.4, -0.2) is 66.0 Å². The van der Waals surface area contributed by atoms with Gasteiger partial charge in [-0.05, 0) is 35.6 Å². The fourth-order valence-corrected chi connectivity index (χ4v) is 4.35. The van der Waals surface area contributed by atoms with Crippen LogP contribution in [0.1, 0.15) is 36.2 Å². The van der Waals surface area contributed by atoms with E-state index >= 15 is 0 Å². The molecule has 1 N–H and O–H groups in total. The fraction of sp³-hybridized carbons (Fsp3) is 0.500. The van der Waals surface area contributed by atoms with Gasteiger partial charge in [-0.15, -0.1) is 11.3 Å². The van der Waals surface area contributed by atoms with Gasteiger partial charge in [0.15, 0.2) is 0 Å².